The van der Waals surface area contributed by atoms with Crippen LogP contribution in [-0.4, -0.2) is 68.5 Å². The first-order valence-electron chi connectivity index (χ1n) is 19.0. The van der Waals surface area contributed by atoms with E-state index in [4.69, 9.17) is 10.4 Å². The summed E-state index contributed by atoms with van der Waals surface area (Å²) in [5, 5.41) is 35.2. The molecule has 0 bridgehead atoms. The Kier molecular flexibility index (Phi) is 14.5. The first-order valence-corrected chi connectivity index (χ1v) is 19.9. The molecule has 0 saturated heterocycles. The van der Waals surface area contributed by atoms with E-state index in [0.717, 1.165) is 42.8 Å². The fourth-order valence-corrected chi connectivity index (χ4v) is 8.26. The summed E-state index contributed by atoms with van der Waals surface area (Å²) in [4.78, 5) is 37.1. The summed E-state index contributed by atoms with van der Waals surface area (Å²) in [6.07, 6.45) is 17.0. The van der Waals surface area contributed by atoms with E-state index in [1.165, 1.54) is 33.3 Å². The van der Waals surface area contributed by atoms with Crippen LogP contribution in [0.2, 0.25) is 0 Å². The molecule has 0 saturated carbocycles. The van der Waals surface area contributed by atoms with Crippen molar-refractivity contribution in [3.63, 3.8) is 0 Å². The number of para-hydroxylation sites is 1. The molecule has 3 aromatic rings. The molecule has 2 heterocycles. The summed E-state index contributed by atoms with van der Waals surface area (Å²) in [6, 6.07) is 19.8. The molecule has 2 aliphatic heterocycles. The Hall–Kier alpha value is -5.01. The molecule has 5 rings (SSSR count). The van der Waals surface area contributed by atoms with Crippen LogP contribution in [0.5, 0.6) is 0 Å². The SMILES string of the molecule is CC1(C)C(/C=C/C=C/C=C/C=C2/N(CCCCC(=O)NC(CC(=O)O)C(=O)O)c3ccccc3C2(C)C)=[N+](CCCCSOOO)c2ccc3ccccc3c21. The average molecular weight is 783 g/mol. The minimum absolute atomic E-state index is 0.103. The number of benzene rings is 3. The van der Waals surface area contributed by atoms with Crippen LogP contribution in [-0.2, 0) is 34.6 Å². The van der Waals surface area contributed by atoms with Crippen molar-refractivity contribution in [2.24, 2.45) is 0 Å². The molecule has 0 aliphatic carbocycles. The molecule has 56 heavy (non-hydrogen) atoms. The third-order valence-electron chi connectivity index (χ3n) is 10.5. The maximum Gasteiger partial charge on any atom is 0.326 e. The topological polar surface area (TPSA) is 149 Å². The lowest BCUT2D eigenvalue weighted by atomic mass is 9.79. The second-order valence-corrected chi connectivity index (χ2v) is 15.8. The van der Waals surface area contributed by atoms with Gasteiger partial charge in [-0.1, -0.05) is 91.7 Å². The average Bonchev–Trinajstić information content (AvgIpc) is 3.52. The van der Waals surface area contributed by atoms with Gasteiger partial charge in [-0.25, -0.2) is 10.1 Å². The Balaban J connectivity index is 1.27. The van der Waals surface area contributed by atoms with Crippen molar-refractivity contribution < 1.29 is 43.8 Å². The molecule has 1 atom stereocenters. The molecule has 0 radical (unpaired) electrons. The molecular weight excluding hydrogens is 731 g/mol. The van der Waals surface area contributed by atoms with Gasteiger partial charge in [0.15, 0.2) is 5.71 Å². The van der Waals surface area contributed by atoms with Crippen LogP contribution >= 0.6 is 12.0 Å². The van der Waals surface area contributed by atoms with Gasteiger partial charge in [0.1, 0.15) is 12.6 Å². The Morgan fingerprint density at radius 3 is 2.38 bits per heavy atom. The second-order valence-electron chi connectivity index (χ2n) is 15.0. The van der Waals surface area contributed by atoms with Gasteiger partial charge in [-0.3, -0.25) is 9.59 Å². The van der Waals surface area contributed by atoms with E-state index in [1.807, 2.05) is 36.4 Å². The van der Waals surface area contributed by atoms with Crippen LogP contribution in [0, 0.1) is 0 Å². The van der Waals surface area contributed by atoms with Crippen LogP contribution in [0.15, 0.2) is 109 Å². The Labute approximate surface area is 332 Å². The molecular formula is C44H52N3O8S+. The number of nitrogens with one attached hydrogen (secondary N) is 1. The maximum atomic E-state index is 12.4. The zero-order chi connectivity index (χ0) is 40.3. The largest absolute Gasteiger partial charge is 0.481 e. The van der Waals surface area contributed by atoms with Gasteiger partial charge in [-0.15, -0.1) is 4.33 Å². The lowest BCUT2D eigenvalue weighted by molar-refractivity contribution is -0.438. The molecule has 11 nitrogen and oxygen atoms in total. The highest BCUT2D eigenvalue weighted by atomic mass is 32.2. The zero-order valence-corrected chi connectivity index (χ0v) is 33.3. The van der Waals surface area contributed by atoms with E-state index in [9.17, 15) is 19.5 Å². The Bertz CT molecular complexity index is 2070. The number of anilines is 1. The number of hydrogen-bond acceptors (Lipinski definition) is 8. The highest BCUT2D eigenvalue weighted by Gasteiger charge is 2.45. The monoisotopic (exact) mass is 782 g/mol. The third-order valence-corrected chi connectivity index (χ3v) is 11.1. The first-order chi connectivity index (χ1) is 26.9. The van der Waals surface area contributed by atoms with Gasteiger partial charge in [0, 0.05) is 71.7 Å². The number of carbonyl (C=O) groups excluding carboxylic acids is 1. The number of aliphatic carboxylic acids is 2. The van der Waals surface area contributed by atoms with E-state index >= 15 is 0 Å². The number of fused-ring (bicyclic) bond motifs is 4. The van der Waals surface area contributed by atoms with Gasteiger partial charge in [0.25, 0.3) is 0 Å². The Morgan fingerprint density at radius 1 is 0.875 bits per heavy atom. The summed E-state index contributed by atoms with van der Waals surface area (Å²) in [6.45, 7) is 10.5. The van der Waals surface area contributed by atoms with E-state index in [2.05, 4.69) is 119 Å². The third kappa shape index (κ3) is 9.86. The van der Waals surface area contributed by atoms with E-state index in [-0.39, 0.29) is 17.3 Å². The fourth-order valence-electron chi connectivity index (χ4n) is 7.83. The molecule has 0 spiro atoms. The number of carboxylic acid groups (broad SMARTS) is 2. The number of carboxylic acids is 2. The molecule has 1 amide bonds. The number of hydrogen-bond donors (Lipinski definition) is 4. The van der Waals surface area contributed by atoms with Gasteiger partial charge in [-0.2, -0.15) is 4.58 Å². The summed E-state index contributed by atoms with van der Waals surface area (Å²) >= 11 is 1.08. The fraction of sp³-hybridized carbons (Fsp3) is 0.364. The quantitative estimate of drug-likeness (QED) is 0.0219. The number of amides is 1. The minimum Gasteiger partial charge on any atom is -0.481 e. The van der Waals surface area contributed by atoms with E-state index in [1.54, 1.807) is 0 Å². The maximum absolute atomic E-state index is 12.4. The zero-order valence-electron chi connectivity index (χ0n) is 32.4. The van der Waals surface area contributed by atoms with Crippen molar-refractivity contribution in [3.05, 3.63) is 120 Å². The molecule has 12 heteroatoms. The lowest BCUT2D eigenvalue weighted by Gasteiger charge is -2.27. The number of unbranched alkanes of at least 4 members (excludes halogenated alkanes) is 2. The van der Waals surface area contributed by atoms with Gasteiger partial charge < -0.3 is 20.4 Å². The molecule has 0 aromatic heterocycles. The van der Waals surface area contributed by atoms with Gasteiger partial charge in [0.05, 0.1) is 11.8 Å². The van der Waals surface area contributed by atoms with Crippen molar-refractivity contribution >= 4 is 57.7 Å². The van der Waals surface area contributed by atoms with Gasteiger partial charge in [0.2, 0.25) is 11.6 Å². The molecule has 0 fully saturated rings. The summed E-state index contributed by atoms with van der Waals surface area (Å²) in [5.74, 6) is -2.42. The van der Waals surface area contributed by atoms with E-state index in [0.29, 0.717) is 25.1 Å². The predicted molar refractivity (Wildman–Crippen MR) is 221 cm³/mol. The summed E-state index contributed by atoms with van der Waals surface area (Å²) in [7, 11) is 0. The number of nitrogens with zero attached hydrogens (tertiary/aromatic N) is 2. The highest BCUT2D eigenvalue weighted by molar-refractivity contribution is 7.94. The molecule has 4 N–H and O–H groups in total. The van der Waals surface area contributed by atoms with Crippen molar-refractivity contribution in [1.29, 1.82) is 0 Å². The normalized spacial score (nSPS) is 17.1. The predicted octanol–water partition coefficient (Wildman–Crippen LogP) is 8.63. The van der Waals surface area contributed by atoms with Crippen LogP contribution in [0.3, 0.4) is 0 Å². The van der Waals surface area contributed by atoms with Gasteiger partial charge in [-0.05, 0) is 67.7 Å². The standard InChI is InChI=1S/C44H51N3O8S/c1-43(2)33-20-12-13-21-35(33)46(27-15-14-24-39(48)45-34(42(51)52)30-40(49)50)37(43)22-8-6-5-7-9-23-38-44(3,4)41-32-19-11-10-18-31(32)25-26-36(41)47(38)28-16-17-29-56-55-54-53/h5-13,18-23,25-26,34H,14-17,24,27-30H2,1-4H3,(H3-,45,48,49,50,51,52,53)/p+1. The van der Waals surface area contributed by atoms with Crippen LogP contribution < -0.4 is 10.2 Å². The van der Waals surface area contributed by atoms with Crippen LogP contribution in [0.1, 0.15) is 77.3 Å². The minimum atomic E-state index is -1.45. The number of allylic oxidation sites excluding steroid dienone is 8. The first kappa shape index (κ1) is 42.1. The molecule has 3 aromatic carbocycles. The van der Waals surface area contributed by atoms with Crippen LogP contribution in [0.25, 0.3) is 10.8 Å². The smallest absolute Gasteiger partial charge is 0.326 e. The summed E-state index contributed by atoms with van der Waals surface area (Å²) in [5.41, 5.74) is 6.77. The molecule has 296 valence electrons. The van der Waals surface area contributed by atoms with Gasteiger partial charge >= 0.3 is 11.9 Å². The van der Waals surface area contributed by atoms with Crippen molar-refractivity contribution in [3.8, 4) is 0 Å². The number of rotatable bonds is 20. The van der Waals surface area contributed by atoms with Crippen molar-refractivity contribution in [2.45, 2.75) is 83.1 Å². The summed E-state index contributed by atoms with van der Waals surface area (Å²) < 4.78 is 6.98. The van der Waals surface area contributed by atoms with E-state index < -0.39 is 30.3 Å². The highest BCUT2D eigenvalue weighted by Crippen LogP contribution is 2.48. The Morgan fingerprint density at radius 2 is 1.61 bits per heavy atom. The number of carbonyl (C=O) groups is 3. The lowest BCUT2D eigenvalue weighted by Crippen LogP contribution is -2.42. The van der Waals surface area contributed by atoms with Crippen molar-refractivity contribution in [2.75, 3.05) is 23.7 Å². The molecule has 1 unspecified atom stereocenters. The second kappa shape index (κ2) is 19.2. The molecule has 2 aliphatic rings. The van der Waals surface area contributed by atoms with Crippen LogP contribution in [0.4, 0.5) is 11.4 Å². The van der Waals surface area contributed by atoms with Crippen molar-refractivity contribution in [1.82, 2.24) is 5.32 Å².